The number of ether oxygens (including phenoxy) is 1. The lowest BCUT2D eigenvalue weighted by atomic mass is 10.1. The molecule has 8 heteroatoms. The van der Waals surface area contributed by atoms with Gasteiger partial charge in [0.25, 0.3) is 0 Å². The first-order valence-electron chi connectivity index (χ1n) is 8.30. The molecule has 0 saturated heterocycles. The molecule has 2 atom stereocenters. The van der Waals surface area contributed by atoms with Gasteiger partial charge in [-0.2, -0.15) is 5.10 Å². The summed E-state index contributed by atoms with van der Waals surface area (Å²) in [7, 11) is 1.26. The van der Waals surface area contributed by atoms with Crippen molar-refractivity contribution in [2.45, 2.75) is 12.3 Å². The predicted octanol–water partition coefficient (Wildman–Crippen LogP) is 3.37. The van der Waals surface area contributed by atoms with Gasteiger partial charge >= 0.3 is 5.97 Å². The third kappa shape index (κ3) is 3.14. The number of amides is 1. The summed E-state index contributed by atoms with van der Waals surface area (Å²) in [5, 5.41) is 9.94. The number of hydrogen-bond acceptors (Lipinski definition) is 4. The summed E-state index contributed by atoms with van der Waals surface area (Å²) >= 11 is 0. The lowest BCUT2D eigenvalue weighted by Gasteiger charge is -2.06. The molecule has 1 amide bonds. The number of benzene rings is 2. The topological polar surface area (TPSA) is 84.1 Å². The number of nitrogens with one attached hydrogen (secondary N) is 2. The molecule has 4 rings (SSSR count). The van der Waals surface area contributed by atoms with Crippen LogP contribution >= 0.6 is 0 Å². The normalized spacial score (nSPS) is 18.3. The van der Waals surface area contributed by atoms with Crippen LogP contribution in [-0.2, 0) is 9.53 Å². The number of aromatic amines is 1. The molecule has 2 aromatic carbocycles. The van der Waals surface area contributed by atoms with Crippen LogP contribution in [0.3, 0.4) is 0 Å². The van der Waals surface area contributed by atoms with Gasteiger partial charge in [-0.25, -0.2) is 13.6 Å². The molecule has 1 aliphatic carbocycles. The number of H-pyrrole nitrogens is 1. The van der Waals surface area contributed by atoms with E-state index in [1.54, 1.807) is 18.2 Å². The second-order valence-electron chi connectivity index (χ2n) is 6.43. The summed E-state index contributed by atoms with van der Waals surface area (Å²) in [6.45, 7) is 0. The number of halogens is 2. The molecule has 6 nitrogen and oxygen atoms in total. The summed E-state index contributed by atoms with van der Waals surface area (Å²) in [6, 6.07) is 8.38. The second-order valence-corrected chi connectivity index (χ2v) is 6.43. The molecule has 0 bridgehead atoms. The van der Waals surface area contributed by atoms with Crippen molar-refractivity contribution in [3.05, 3.63) is 59.3 Å². The Balaban J connectivity index is 1.51. The summed E-state index contributed by atoms with van der Waals surface area (Å²) in [5.74, 6) is -2.78. The zero-order valence-electron chi connectivity index (χ0n) is 14.3. The van der Waals surface area contributed by atoms with Gasteiger partial charge < -0.3 is 10.1 Å². The second kappa shape index (κ2) is 6.46. The van der Waals surface area contributed by atoms with Crippen LogP contribution in [0.2, 0.25) is 0 Å². The van der Waals surface area contributed by atoms with E-state index >= 15 is 0 Å². The fraction of sp³-hybridized carbons (Fsp3) is 0.211. The van der Waals surface area contributed by atoms with Gasteiger partial charge in [-0.05, 0) is 42.2 Å². The van der Waals surface area contributed by atoms with Gasteiger partial charge in [0.15, 0.2) is 5.69 Å². The number of nitrogens with zero attached hydrogens (tertiary/aromatic N) is 1. The van der Waals surface area contributed by atoms with E-state index in [1.807, 2.05) is 0 Å². The standard InChI is InChI=1S/C19H15F2N3O3/c1-27-19(26)17-14-7-10(3-5-16(14)23-24-17)22-18(25)13-8-12(13)11-4-2-9(20)6-15(11)21/h2-7,12-13H,8H2,1H3,(H,22,25)(H,23,24). The number of rotatable bonds is 4. The molecule has 0 radical (unpaired) electrons. The zero-order valence-corrected chi connectivity index (χ0v) is 14.3. The van der Waals surface area contributed by atoms with E-state index in [1.165, 1.54) is 19.2 Å². The van der Waals surface area contributed by atoms with Crippen LogP contribution in [0.25, 0.3) is 10.9 Å². The van der Waals surface area contributed by atoms with Crippen molar-refractivity contribution < 1.29 is 23.1 Å². The Bertz CT molecular complexity index is 1060. The van der Waals surface area contributed by atoms with Gasteiger partial charge in [-0.3, -0.25) is 9.89 Å². The van der Waals surface area contributed by atoms with Crippen molar-refractivity contribution in [1.29, 1.82) is 0 Å². The molecule has 1 fully saturated rings. The van der Waals surface area contributed by atoms with Gasteiger partial charge in [0.05, 0.1) is 12.6 Å². The molecule has 1 saturated carbocycles. The van der Waals surface area contributed by atoms with E-state index in [4.69, 9.17) is 0 Å². The van der Waals surface area contributed by atoms with Gasteiger partial charge in [-0.15, -0.1) is 0 Å². The van der Waals surface area contributed by atoms with Crippen molar-refractivity contribution in [1.82, 2.24) is 10.2 Å². The van der Waals surface area contributed by atoms with Crippen molar-refractivity contribution in [3.63, 3.8) is 0 Å². The fourth-order valence-electron chi connectivity index (χ4n) is 3.21. The van der Waals surface area contributed by atoms with Gasteiger partial charge in [-0.1, -0.05) is 6.07 Å². The van der Waals surface area contributed by atoms with Crippen molar-refractivity contribution in [2.75, 3.05) is 12.4 Å². The van der Waals surface area contributed by atoms with Gasteiger partial charge in [0.2, 0.25) is 5.91 Å². The number of fused-ring (bicyclic) bond motifs is 1. The van der Waals surface area contributed by atoms with E-state index in [2.05, 4.69) is 20.3 Å². The zero-order chi connectivity index (χ0) is 19.1. The minimum atomic E-state index is -0.646. The Morgan fingerprint density at radius 1 is 1.22 bits per heavy atom. The van der Waals surface area contributed by atoms with Crippen LogP contribution in [0.15, 0.2) is 36.4 Å². The molecule has 1 aliphatic rings. The summed E-state index contributed by atoms with van der Waals surface area (Å²) in [5.41, 5.74) is 1.59. The number of hydrogen-bond donors (Lipinski definition) is 2. The smallest absolute Gasteiger partial charge is 0.359 e. The number of anilines is 1. The minimum absolute atomic E-state index is 0.126. The highest BCUT2D eigenvalue weighted by Gasteiger charge is 2.45. The van der Waals surface area contributed by atoms with Crippen molar-refractivity contribution in [3.8, 4) is 0 Å². The van der Waals surface area contributed by atoms with Gasteiger partial charge in [0, 0.05) is 23.1 Å². The first-order chi connectivity index (χ1) is 13.0. The molecule has 3 aromatic rings. The Hall–Kier alpha value is -3.29. The Morgan fingerprint density at radius 2 is 2.04 bits per heavy atom. The van der Waals surface area contributed by atoms with Gasteiger partial charge in [0.1, 0.15) is 11.6 Å². The van der Waals surface area contributed by atoms with E-state index in [-0.39, 0.29) is 23.4 Å². The monoisotopic (exact) mass is 371 g/mol. The third-order valence-corrected chi connectivity index (χ3v) is 4.70. The first kappa shape index (κ1) is 17.1. The number of carbonyl (C=O) groups is 2. The van der Waals surface area contributed by atoms with E-state index in [9.17, 15) is 18.4 Å². The summed E-state index contributed by atoms with van der Waals surface area (Å²) in [6.07, 6.45) is 0.496. The SMILES string of the molecule is COC(=O)c1n[nH]c2ccc(NC(=O)C3CC3c3ccc(F)cc3F)cc12. The highest BCUT2D eigenvalue weighted by molar-refractivity contribution is 6.04. The Labute approximate surface area is 152 Å². The fourth-order valence-corrected chi connectivity index (χ4v) is 3.21. The van der Waals surface area contributed by atoms with Crippen LogP contribution < -0.4 is 5.32 Å². The molecular formula is C19H15F2N3O3. The maximum Gasteiger partial charge on any atom is 0.359 e. The predicted molar refractivity (Wildman–Crippen MR) is 93.3 cm³/mol. The highest BCUT2D eigenvalue weighted by atomic mass is 19.1. The maximum absolute atomic E-state index is 13.9. The molecule has 2 N–H and O–H groups in total. The lowest BCUT2D eigenvalue weighted by Crippen LogP contribution is -2.14. The van der Waals surface area contributed by atoms with Crippen molar-refractivity contribution in [2.24, 2.45) is 5.92 Å². The molecular weight excluding hydrogens is 356 g/mol. The average molecular weight is 371 g/mol. The Morgan fingerprint density at radius 3 is 2.78 bits per heavy atom. The van der Waals surface area contributed by atoms with Crippen LogP contribution in [-0.4, -0.2) is 29.2 Å². The van der Waals surface area contributed by atoms with Crippen molar-refractivity contribution >= 4 is 28.5 Å². The molecule has 1 aromatic heterocycles. The third-order valence-electron chi connectivity index (χ3n) is 4.70. The molecule has 138 valence electrons. The number of aromatic nitrogens is 2. The number of methoxy groups -OCH3 is 1. The van der Waals surface area contributed by atoms with Crippen LogP contribution in [0, 0.1) is 17.6 Å². The van der Waals surface area contributed by atoms with Crippen LogP contribution in [0.5, 0.6) is 0 Å². The van der Waals surface area contributed by atoms with Crippen LogP contribution in [0.4, 0.5) is 14.5 Å². The van der Waals surface area contributed by atoms with E-state index < -0.39 is 17.6 Å². The first-order valence-corrected chi connectivity index (χ1v) is 8.30. The molecule has 27 heavy (non-hydrogen) atoms. The van der Waals surface area contributed by atoms with E-state index in [0.717, 1.165) is 6.07 Å². The number of carbonyl (C=O) groups excluding carboxylic acids is 2. The molecule has 1 heterocycles. The average Bonchev–Trinajstić information content (AvgIpc) is 3.33. The summed E-state index contributed by atoms with van der Waals surface area (Å²) in [4.78, 5) is 24.2. The lowest BCUT2D eigenvalue weighted by molar-refractivity contribution is -0.117. The molecule has 2 unspecified atom stereocenters. The largest absolute Gasteiger partial charge is 0.464 e. The Kier molecular flexibility index (Phi) is 4.10. The molecule has 0 aliphatic heterocycles. The molecule has 0 spiro atoms. The quantitative estimate of drug-likeness (QED) is 0.689. The maximum atomic E-state index is 13.9. The summed E-state index contributed by atoms with van der Waals surface area (Å²) < 4.78 is 31.6. The minimum Gasteiger partial charge on any atom is -0.464 e. The number of esters is 1. The highest BCUT2D eigenvalue weighted by Crippen LogP contribution is 2.48. The van der Waals surface area contributed by atoms with Crippen LogP contribution in [0.1, 0.15) is 28.4 Å². The van der Waals surface area contributed by atoms with E-state index in [0.29, 0.717) is 28.6 Å².